The van der Waals surface area contributed by atoms with Crippen molar-refractivity contribution in [3.8, 4) is 0 Å². The van der Waals surface area contributed by atoms with E-state index in [1.54, 1.807) is 6.92 Å². The molecule has 0 saturated carbocycles. The van der Waals surface area contributed by atoms with E-state index in [1.165, 1.54) is 0 Å². The van der Waals surface area contributed by atoms with Gasteiger partial charge in [-0.15, -0.1) is 0 Å². The largest absolute Gasteiger partial charge is 0.354 e. The van der Waals surface area contributed by atoms with Crippen molar-refractivity contribution in [1.29, 1.82) is 0 Å². The average Bonchev–Trinajstić information content (AvgIpc) is 2.32. The molecule has 0 radical (unpaired) electrons. The molecular formula is C11H24N2O. The Labute approximate surface area is 87.6 Å². The third-order valence-electron chi connectivity index (χ3n) is 2.26. The third kappa shape index (κ3) is 5.97. The van der Waals surface area contributed by atoms with E-state index in [9.17, 15) is 4.79 Å². The van der Waals surface area contributed by atoms with Gasteiger partial charge in [0, 0.05) is 13.0 Å². The number of carbonyl (C=O) groups excluding carboxylic acids is 1. The van der Waals surface area contributed by atoms with Crippen LogP contribution in [0, 0.1) is 5.92 Å². The Balaban J connectivity index is 0.000000791. The van der Waals surface area contributed by atoms with Gasteiger partial charge in [0.1, 0.15) is 0 Å². The smallest absolute Gasteiger partial charge is 0.217 e. The second kappa shape index (κ2) is 7.80. The van der Waals surface area contributed by atoms with Crippen LogP contribution in [0.1, 0.15) is 40.5 Å². The lowest BCUT2D eigenvalue weighted by atomic mass is 10.0. The number of hydrogen-bond donors (Lipinski definition) is 2. The molecule has 1 heterocycles. The Morgan fingerprint density at radius 2 is 2.07 bits per heavy atom. The lowest BCUT2D eigenvalue weighted by Gasteiger charge is -2.16. The first-order valence-electron chi connectivity index (χ1n) is 5.66. The Bertz CT molecular complexity index is 159. The summed E-state index contributed by atoms with van der Waals surface area (Å²) in [6, 6.07) is 0.382. The lowest BCUT2D eigenvalue weighted by molar-refractivity contribution is -0.119. The fourth-order valence-corrected chi connectivity index (χ4v) is 1.73. The fraction of sp³-hybridized carbons (Fsp3) is 0.909. The van der Waals surface area contributed by atoms with E-state index < -0.39 is 0 Å². The molecular weight excluding hydrogens is 176 g/mol. The van der Waals surface area contributed by atoms with Crippen molar-refractivity contribution in [3.63, 3.8) is 0 Å². The van der Waals surface area contributed by atoms with E-state index in [-0.39, 0.29) is 5.91 Å². The van der Waals surface area contributed by atoms with Gasteiger partial charge in [0.05, 0.1) is 0 Å². The Morgan fingerprint density at radius 1 is 1.43 bits per heavy atom. The highest BCUT2D eigenvalue weighted by Crippen LogP contribution is 2.10. The summed E-state index contributed by atoms with van der Waals surface area (Å²) in [6.07, 6.45) is 2.16. The van der Waals surface area contributed by atoms with Crippen LogP contribution in [0.5, 0.6) is 0 Å². The monoisotopic (exact) mass is 200 g/mol. The van der Waals surface area contributed by atoms with Crippen molar-refractivity contribution in [3.05, 3.63) is 0 Å². The predicted octanol–water partition coefficient (Wildman–Crippen LogP) is 1.54. The zero-order valence-corrected chi connectivity index (χ0v) is 9.89. The second-order valence-corrected chi connectivity index (χ2v) is 3.73. The first-order chi connectivity index (χ1) is 6.68. The molecule has 2 unspecified atom stereocenters. The van der Waals surface area contributed by atoms with Gasteiger partial charge in [-0.2, -0.15) is 0 Å². The summed E-state index contributed by atoms with van der Waals surface area (Å²) in [4.78, 5) is 10.8. The summed E-state index contributed by atoms with van der Waals surface area (Å²) in [6.45, 7) is 9.90. The van der Waals surface area contributed by atoms with Gasteiger partial charge in [-0.25, -0.2) is 0 Å². The van der Waals surface area contributed by atoms with Crippen molar-refractivity contribution in [2.24, 2.45) is 5.92 Å². The number of nitrogens with one attached hydrogen (secondary N) is 2. The summed E-state index contributed by atoms with van der Waals surface area (Å²) >= 11 is 0. The molecule has 1 saturated heterocycles. The predicted molar refractivity (Wildman–Crippen MR) is 60.2 cm³/mol. The topological polar surface area (TPSA) is 41.1 Å². The van der Waals surface area contributed by atoms with E-state index in [0.29, 0.717) is 12.0 Å². The van der Waals surface area contributed by atoms with Gasteiger partial charge in [0.2, 0.25) is 5.91 Å². The Hall–Kier alpha value is -0.570. The average molecular weight is 200 g/mol. The molecule has 3 nitrogen and oxygen atoms in total. The van der Waals surface area contributed by atoms with Crippen LogP contribution >= 0.6 is 0 Å². The molecule has 0 spiro atoms. The minimum atomic E-state index is 0.0918. The van der Waals surface area contributed by atoms with Crippen molar-refractivity contribution in [2.45, 2.75) is 46.6 Å². The molecule has 84 valence electrons. The van der Waals surface area contributed by atoms with Crippen LogP contribution in [0.15, 0.2) is 0 Å². The molecule has 2 N–H and O–H groups in total. The fourth-order valence-electron chi connectivity index (χ4n) is 1.73. The second-order valence-electron chi connectivity index (χ2n) is 3.73. The van der Waals surface area contributed by atoms with Gasteiger partial charge in [-0.1, -0.05) is 20.8 Å². The summed E-state index contributed by atoms with van der Waals surface area (Å²) in [7, 11) is 0. The molecule has 1 rings (SSSR count). The molecule has 1 aliphatic heterocycles. The summed E-state index contributed by atoms with van der Waals surface area (Å²) in [5.41, 5.74) is 0. The van der Waals surface area contributed by atoms with Gasteiger partial charge in [0.25, 0.3) is 0 Å². The van der Waals surface area contributed by atoms with Crippen LogP contribution in [-0.2, 0) is 4.79 Å². The molecule has 0 bridgehead atoms. The standard InChI is InChI=1S/C9H18N2O.C2H6/c1-7-5-9(11-8(2)12)3-4-10-6-7;1-2/h7,9-10H,3-6H2,1-2H3,(H,11,12);1-2H3. The molecule has 3 heteroatoms. The van der Waals surface area contributed by atoms with Gasteiger partial charge < -0.3 is 10.6 Å². The maximum absolute atomic E-state index is 10.8. The highest BCUT2D eigenvalue weighted by Gasteiger charge is 2.16. The highest BCUT2D eigenvalue weighted by atomic mass is 16.1. The molecule has 0 aromatic rings. The molecule has 1 fully saturated rings. The molecule has 0 aromatic carbocycles. The molecule has 2 atom stereocenters. The van der Waals surface area contributed by atoms with E-state index in [0.717, 1.165) is 25.9 Å². The van der Waals surface area contributed by atoms with Crippen LogP contribution in [-0.4, -0.2) is 25.0 Å². The van der Waals surface area contributed by atoms with E-state index >= 15 is 0 Å². The molecule has 0 aliphatic carbocycles. The van der Waals surface area contributed by atoms with Crippen LogP contribution in [0.4, 0.5) is 0 Å². The molecule has 14 heavy (non-hydrogen) atoms. The zero-order valence-electron chi connectivity index (χ0n) is 9.89. The minimum absolute atomic E-state index is 0.0918. The number of rotatable bonds is 1. The SMILES string of the molecule is CC.CC(=O)NC1CCNCC(C)C1. The van der Waals surface area contributed by atoms with Gasteiger partial charge >= 0.3 is 0 Å². The number of hydrogen-bond acceptors (Lipinski definition) is 2. The van der Waals surface area contributed by atoms with Gasteiger partial charge in [-0.05, 0) is 31.8 Å². The van der Waals surface area contributed by atoms with Crippen LogP contribution in [0.2, 0.25) is 0 Å². The van der Waals surface area contributed by atoms with Crippen molar-refractivity contribution < 1.29 is 4.79 Å². The Kier molecular flexibility index (Phi) is 7.48. The summed E-state index contributed by atoms with van der Waals surface area (Å²) in [5.74, 6) is 0.762. The molecule has 1 aliphatic rings. The summed E-state index contributed by atoms with van der Waals surface area (Å²) in [5, 5.41) is 6.32. The van der Waals surface area contributed by atoms with Crippen LogP contribution < -0.4 is 10.6 Å². The first kappa shape index (κ1) is 13.4. The van der Waals surface area contributed by atoms with E-state index in [4.69, 9.17) is 0 Å². The van der Waals surface area contributed by atoms with Crippen molar-refractivity contribution >= 4 is 5.91 Å². The quantitative estimate of drug-likeness (QED) is 0.674. The third-order valence-corrected chi connectivity index (χ3v) is 2.26. The Morgan fingerprint density at radius 3 is 2.64 bits per heavy atom. The van der Waals surface area contributed by atoms with E-state index in [2.05, 4.69) is 17.6 Å². The minimum Gasteiger partial charge on any atom is -0.354 e. The van der Waals surface area contributed by atoms with Gasteiger partial charge in [0.15, 0.2) is 0 Å². The number of amides is 1. The highest BCUT2D eigenvalue weighted by molar-refractivity contribution is 5.73. The maximum Gasteiger partial charge on any atom is 0.217 e. The van der Waals surface area contributed by atoms with Crippen LogP contribution in [0.25, 0.3) is 0 Å². The van der Waals surface area contributed by atoms with Crippen LogP contribution in [0.3, 0.4) is 0 Å². The summed E-state index contributed by atoms with van der Waals surface area (Å²) < 4.78 is 0. The van der Waals surface area contributed by atoms with E-state index in [1.807, 2.05) is 13.8 Å². The normalized spacial score (nSPS) is 26.9. The lowest BCUT2D eigenvalue weighted by Crippen LogP contribution is -2.34. The molecule has 1 amide bonds. The van der Waals surface area contributed by atoms with Crippen molar-refractivity contribution in [2.75, 3.05) is 13.1 Å². The maximum atomic E-state index is 10.8. The van der Waals surface area contributed by atoms with Gasteiger partial charge in [-0.3, -0.25) is 4.79 Å². The first-order valence-corrected chi connectivity index (χ1v) is 5.66. The van der Waals surface area contributed by atoms with Crippen molar-refractivity contribution in [1.82, 2.24) is 10.6 Å². The molecule has 0 aromatic heterocycles. The number of carbonyl (C=O) groups is 1. The zero-order chi connectivity index (χ0) is 11.0.